The molecule has 5 rings (SSSR count). The molecule has 1 aliphatic heterocycles. The van der Waals surface area contributed by atoms with E-state index in [1.165, 1.54) is 31.2 Å². The second-order valence-electron chi connectivity index (χ2n) is 8.46. The van der Waals surface area contributed by atoms with Crippen molar-refractivity contribution < 1.29 is 24.4 Å². The number of carbonyl (C=O) groups is 3. The van der Waals surface area contributed by atoms with E-state index in [0.29, 0.717) is 27.5 Å². The molecule has 1 unspecified atom stereocenters. The van der Waals surface area contributed by atoms with Crippen molar-refractivity contribution in [1.29, 1.82) is 0 Å². The number of fused-ring (bicyclic) bond motifs is 1. The van der Waals surface area contributed by atoms with E-state index in [9.17, 15) is 29.6 Å². The van der Waals surface area contributed by atoms with Gasteiger partial charge in [0.1, 0.15) is 11.3 Å². The number of aliphatic hydroxyl groups excluding tert-OH is 1. The first-order valence-electron chi connectivity index (χ1n) is 11.1. The number of hydrogen-bond acceptors (Lipinski definition) is 9. The number of Topliss-reactive ketones (excluding diaryl/α,β-unsaturated/α-hetero) is 2. The fourth-order valence-electron chi connectivity index (χ4n) is 4.46. The van der Waals surface area contributed by atoms with Crippen LogP contribution in [0.4, 0.5) is 10.8 Å². The third-order valence-electron chi connectivity index (χ3n) is 6.10. The average Bonchev–Trinajstić information content (AvgIpc) is 3.49. The van der Waals surface area contributed by atoms with Crippen molar-refractivity contribution in [3.05, 3.63) is 91.9 Å². The van der Waals surface area contributed by atoms with Crippen molar-refractivity contribution in [2.75, 3.05) is 4.90 Å². The van der Waals surface area contributed by atoms with Gasteiger partial charge in [-0.3, -0.25) is 33.8 Å². The number of thiazole rings is 1. The molecule has 1 aliphatic rings. The Morgan fingerprint density at radius 3 is 2.41 bits per heavy atom. The van der Waals surface area contributed by atoms with E-state index >= 15 is 0 Å². The maximum atomic E-state index is 13.4. The maximum Gasteiger partial charge on any atom is 0.301 e. The van der Waals surface area contributed by atoms with Gasteiger partial charge in [0.15, 0.2) is 16.7 Å². The van der Waals surface area contributed by atoms with Crippen LogP contribution < -0.4 is 4.90 Å². The van der Waals surface area contributed by atoms with Gasteiger partial charge in [0, 0.05) is 25.3 Å². The number of nitrogens with zero attached hydrogens (tertiary/aromatic N) is 5. The lowest BCUT2D eigenvalue weighted by Gasteiger charge is -2.23. The van der Waals surface area contributed by atoms with Crippen LogP contribution in [0.15, 0.2) is 54.2 Å². The van der Waals surface area contributed by atoms with Crippen LogP contribution in [-0.4, -0.2) is 41.9 Å². The Morgan fingerprint density at radius 2 is 1.78 bits per heavy atom. The molecule has 0 radical (unpaired) electrons. The van der Waals surface area contributed by atoms with Gasteiger partial charge in [-0.15, -0.1) is 0 Å². The normalized spacial score (nSPS) is 17.1. The first-order valence-corrected chi connectivity index (χ1v) is 11.9. The minimum absolute atomic E-state index is 0.0991. The van der Waals surface area contributed by atoms with E-state index in [-0.39, 0.29) is 27.9 Å². The maximum absolute atomic E-state index is 13.4. The zero-order valence-electron chi connectivity index (χ0n) is 19.8. The minimum Gasteiger partial charge on any atom is -0.505 e. The summed E-state index contributed by atoms with van der Waals surface area (Å²) >= 11 is 0.956. The summed E-state index contributed by atoms with van der Waals surface area (Å²) in [7, 11) is 0. The molecule has 0 spiro atoms. The van der Waals surface area contributed by atoms with Gasteiger partial charge < -0.3 is 5.11 Å². The Hall–Kier alpha value is -4.71. The number of ketones is 2. The summed E-state index contributed by atoms with van der Waals surface area (Å²) in [5.41, 5.74) is 1.54. The highest BCUT2D eigenvalue weighted by Gasteiger charge is 2.49. The van der Waals surface area contributed by atoms with Gasteiger partial charge in [-0.1, -0.05) is 17.4 Å². The van der Waals surface area contributed by atoms with Crippen LogP contribution in [0, 0.1) is 24.0 Å². The van der Waals surface area contributed by atoms with Crippen LogP contribution in [-0.2, 0) is 9.59 Å². The number of rotatable bonds is 5. The number of nitro benzene ring substituents is 1. The highest BCUT2D eigenvalue weighted by atomic mass is 32.1. The molecule has 11 nitrogen and oxygen atoms in total. The van der Waals surface area contributed by atoms with E-state index in [2.05, 4.69) is 9.97 Å². The number of anilines is 1. The fourth-order valence-corrected chi connectivity index (χ4v) is 5.45. The SMILES string of the molecule is CC(=O)c1sc(N2C(=O)C(=O)C(=C(O)c3c(C)nc4ccccn34)C2c2ccc([N+](=O)[O-])cc2)nc1C. The molecule has 1 aromatic carbocycles. The van der Waals surface area contributed by atoms with Crippen LogP contribution in [0.25, 0.3) is 11.4 Å². The van der Waals surface area contributed by atoms with Gasteiger partial charge in [0.05, 0.1) is 32.8 Å². The summed E-state index contributed by atoms with van der Waals surface area (Å²) < 4.78 is 1.60. The number of aromatic nitrogens is 3. The van der Waals surface area contributed by atoms with E-state index < -0.39 is 28.4 Å². The monoisotopic (exact) mass is 517 g/mol. The summed E-state index contributed by atoms with van der Waals surface area (Å²) in [5, 5.41) is 22.8. The molecule has 37 heavy (non-hydrogen) atoms. The molecule has 0 bridgehead atoms. The number of nitro groups is 1. The van der Waals surface area contributed by atoms with E-state index in [1.54, 1.807) is 42.6 Å². The number of non-ortho nitro benzene ring substituents is 1. The fraction of sp³-hybridized carbons (Fsp3) is 0.160. The van der Waals surface area contributed by atoms with Crippen LogP contribution in [0.1, 0.15) is 45.3 Å². The third-order valence-corrected chi connectivity index (χ3v) is 7.36. The molecule has 4 aromatic rings. The van der Waals surface area contributed by atoms with Crippen molar-refractivity contribution in [2.45, 2.75) is 26.8 Å². The first-order chi connectivity index (χ1) is 17.6. The summed E-state index contributed by atoms with van der Waals surface area (Å²) in [5.74, 6) is -2.59. The first kappa shape index (κ1) is 24.0. The van der Waals surface area contributed by atoms with Crippen molar-refractivity contribution in [3.8, 4) is 0 Å². The number of aliphatic hydroxyl groups is 1. The predicted molar refractivity (Wildman–Crippen MR) is 135 cm³/mol. The number of carbonyl (C=O) groups excluding carboxylic acids is 3. The number of aryl methyl sites for hydroxylation is 2. The molecular weight excluding hydrogens is 498 g/mol. The number of hydrogen-bond donors (Lipinski definition) is 1. The smallest absolute Gasteiger partial charge is 0.301 e. The highest BCUT2D eigenvalue weighted by molar-refractivity contribution is 7.18. The third kappa shape index (κ3) is 3.78. The number of pyridine rings is 1. The van der Waals surface area contributed by atoms with Crippen molar-refractivity contribution in [3.63, 3.8) is 0 Å². The zero-order chi connectivity index (χ0) is 26.6. The van der Waals surface area contributed by atoms with E-state index in [1.807, 2.05) is 0 Å². The molecule has 4 heterocycles. The van der Waals surface area contributed by atoms with Gasteiger partial charge in [0.2, 0.25) is 0 Å². The lowest BCUT2D eigenvalue weighted by molar-refractivity contribution is -0.384. The summed E-state index contributed by atoms with van der Waals surface area (Å²) in [6, 6.07) is 9.44. The lowest BCUT2D eigenvalue weighted by atomic mass is 9.96. The van der Waals surface area contributed by atoms with Crippen LogP contribution in [0.3, 0.4) is 0 Å². The van der Waals surface area contributed by atoms with E-state index in [4.69, 9.17) is 0 Å². The Labute approximate surface area is 213 Å². The Morgan fingerprint density at radius 1 is 1.08 bits per heavy atom. The van der Waals surface area contributed by atoms with Crippen molar-refractivity contribution in [2.24, 2.45) is 0 Å². The highest BCUT2D eigenvalue weighted by Crippen LogP contribution is 2.44. The van der Waals surface area contributed by atoms with Gasteiger partial charge in [-0.25, -0.2) is 9.97 Å². The van der Waals surface area contributed by atoms with Crippen LogP contribution >= 0.6 is 11.3 Å². The number of benzene rings is 1. The second kappa shape index (κ2) is 8.75. The molecule has 3 aromatic heterocycles. The van der Waals surface area contributed by atoms with E-state index in [0.717, 1.165) is 16.2 Å². The molecule has 1 fully saturated rings. The van der Waals surface area contributed by atoms with Gasteiger partial charge in [0.25, 0.3) is 11.5 Å². The second-order valence-corrected chi connectivity index (χ2v) is 9.44. The predicted octanol–water partition coefficient (Wildman–Crippen LogP) is 4.14. The van der Waals surface area contributed by atoms with Gasteiger partial charge in [-0.2, -0.15) is 0 Å². The lowest BCUT2D eigenvalue weighted by Crippen LogP contribution is -2.29. The van der Waals surface area contributed by atoms with Crippen LogP contribution in [0.5, 0.6) is 0 Å². The van der Waals surface area contributed by atoms with Crippen molar-refractivity contribution in [1.82, 2.24) is 14.4 Å². The molecule has 1 atom stereocenters. The standard InChI is InChI=1S/C25H19N5O6S/c1-12-19(28-11-5-4-6-17(28)26-12)21(32)18-20(15-7-9-16(10-8-15)30(35)36)29(24(34)22(18)33)25-27-13(2)23(37-25)14(3)31/h4-11,20,32H,1-3H3. The average molecular weight is 518 g/mol. The Bertz CT molecular complexity index is 1670. The van der Waals surface area contributed by atoms with Gasteiger partial charge >= 0.3 is 5.91 Å². The summed E-state index contributed by atoms with van der Waals surface area (Å²) in [6.07, 6.45) is 1.67. The summed E-state index contributed by atoms with van der Waals surface area (Å²) in [6.45, 7) is 4.66. The molecule has 186 valence electrons. The molecular formula is C25H19N5O6S. The molecule has 12 heteroatoms. The molecule has 1 N–H and O–H groups in total. The summed E-state index contributed by atoms with van der Waals surface area (Å²) in [4.78, 5) is 59.7. The Kier molecular flexibility index (Phi) is 5.67. The Balaban J connectivity index is 1.77. The molecule has 0 saturated carbocycles. The minimum atomic E-state index is -1.15. The number of imidazole rings is 1. The van der Waals surface area contributed by atoms with Crippen molar-refractivity contribution >= 4 is 51.0 Å². The quantitative estimate of drug-likeness (QED) is 0.104. The number of amides is 1. The zero-order valence-corrected chi connectivity index (χ0v) is 20.6. The molecule has 1 saturated heterocycles. The largest absolute Gasteiger partial charge is 0.505 e. The van der Waals surface area contributed by atoms with Crippen LogP contribution in [0.2, 0.25) is 0 Å². The van der Waals surface area contributed by atoms with Gasteiger partial charge in [-0.05, 0) is 43.7 Å². The topological polar surface area (TPSA) is 148 Å². The molecule has 1 amide bonds. The molecule has 0 aliphatic carbocycles.